The van der Waals surface area contributed by atoms with Gasteiger partial charge in [0.25, 0.3) is 5.56 Å². The Balaban J connectivity index is 2.17. The Hall–Kier alpha value is -2.08. The van der Waals surface area contributed by atoms with E-state index in [9.17, 15) is 9.18 Å². The van der Waals surface area contributed by atoms with E-state index in [1.54, 1.807) is 0 Å². The third-order valence-electron chi connectivity index (χ3n) is 3.16. The fourth-order valence-electron chi connectivity index (χ4n) is 2.07. The molecule has 4 nitrogen and oxygen atoms in total. The first-order chi connectivity index (χ1) is 9.56. The topological polar surface area (TPSA) is 47.8 Å². The standard InChI is InChI=1S/C14H12FN3OS/c1-8-6-20-13(17-8)9(2)18-7-16-12-4-3-10(15)5-11(12)14(18)19/h3-7,9H,1-2H3/t9-/m1/s1. The van der Waals surface area contributed by atoms with E-state index in [4.69, 9.17) is 0 Å². The number of fused-ring (bicyclic) bond motifs is 1. The lowest BCUT2D eigenvalue weighted by Crippen LogP contribution is -2.24. The van der Waals surface area contributed by atoms with Gasteiger partial charge in [-0.05, 0) is 32.0 Å². The SMILES string of the molecule is Cc1csc([C@@H](C)n2cnc3ccc(F)cc3c2=O)n1. The summed E-state index contributed by atoms with van der Waals surface area (Å²) in [6.45, 7) is 3.79. The van der Waals surface area contributed by atoms with Crippen LogP contribution >= 0.6 is 11.3 Å². The average Bonchev–Trinajstić information content (AvgIpc) is 2.86. The molecule has 3 aromatic rings. The van der Waals surface area contributed by atoms with E-state index in [1.807, 2.05) is 19.2 Å². The Morgan fingerprint density at radius 1 is 1.40 bits per heavy atom. The van der Waals surface area contributed by atoms with Crippen molar-refractivity contribution in [2.45, 2.75) is 19.9 Å². The minimum atomic E-state index is -0.438. The largest absolute Gasteiger partial charge is 0.289 e. The Morgan fingerprint density at radius 2 is 2.20 bits per heavy atom. The second kappa shape index (κ2) is 4.79. The van der Waals surface area contributed by atoms with Crippen molar-refractivity contribution >= 4 is 22.2 Å². The minimum absolute atomic E-state index is 0.221. The molecule has 0 bridgehead atoms. The van der Waals surface area contributed by atoms with Gasteiger partial charge in [-0.1, -0.05) is 0 Å². The van der Waals surface area contributed by atoms with E-state index in [0.29, 0.717) is 5.52 Å². The smallest absolute Gasteiger partial charge is 0.261 e. The molecule has 0 N–H and O–H groups in total. The lowest BCUT2D eigenvalue weighted by atomic mass is 10.2. The van der Waals surface area contributed by atoms with Gasteiger partial charge in [0.2, 0.25) is 0 Å². The van der Waals surface area contributed by atoms with Gasteiger partial charge in [0.05, 0.1) is 23.3 Å². The molecule has 1 atom stereocenters. The molecule has 3 rings (SSSR count). The van der Waals surface area contributed by atoms with Gasteiger partial charge in [-0.15, -0.1) is 11.3 Å². The molecule has 0 radical (unpaired) electrons. The third-order valence-corrected chi connectivity index (χ3v) is 4.29. The Morgan fingerprint density at radius 3 is 2.90 bits per heavy atom. The number of aromatic nitrogens is 3. The molecule has 6 heteroatoms. The summed E-state index contributed by atoms with van der Waals surface area (Å²) in [7, 11) is 0. The maximum Gasteiger partial charge on any atom is 0.261 e. The van der Waals surface area contributed by atoms with Crippen LogP contribution in [0.3, 0.4) is 0 Å². The van der Waals surface area contributed by atoms with Gasteiger partial charge in [-0.3, -0.25) is 9.36 Å². The van der Waals surface area contributed by atoms with Crippen LogP contribution in [-0.4, -0.2) is 14.5 Å². The van der Waals surface area contributed by atoms with E-state index < -0.39 is 5.82 Å². The highest BCUT2D eigenvalue weighted by Gasteiger charge is 2.15. The monoisotopic (exact) mass is 289 g/mol. The van der Waals surface area contributed by atoms with Gasteiger partial charge in [-0.25, -0.2) is 14.4 Å². The second-order valence-electron chi connectivity index (χ2n) is 4.62. The molecule has 0 saturated heterocycles. The van der Waals surface area contributed by atoms with Crippen molar-refractivity contribution in [2.75, 3.05) is 0 Å². The molecular formula is C14H12FN3OS. The van der Waals surface area contributed by atoms with Gasteiger partial charge in [0.15, 0.2) is 0 Å². The van der Waals surface area contributed by atoms with Crippen LogP contribution in [0.4, 0.5) is 4.39 Å². The quantitative estimate of drug-likeness (QED) is 0.729. The second-order valence-corrected chi connectivity index (χ2v) is 5.51. The number of nitrogens with zero attached hydrogens (tertiary/aromatic N) is 3. The fourth-order valence-corrected chi connectivity index (χ4v) is 2.92. The summed E-state index contributed by atoms with van der Waals surface area (Å²) in [5.74, 6) is -0.438. The molecule has 0 aliphatic heterocycles. The van der Waals surface area contributed by atoms with Gasteiger partial charge in [0.1, 0.15) is 10.8 Å². The van der Waals surface area contributed by atoms with Crippen LogP contribution in [0.25, 0.3) is 10.9 Å². The molecular weight excluding hydrogens is 277 g/mol. The van der Waals surface area contributed by atoms with Crippen molar-refractivity contribution < 1.29 is 4.39 Å². The highest BCUT2D eigenvalue weighted by atomic mass is 32.1. The minimum Gasteiger partial charge on any atom is -0.289 e. The summed E-state index contributed by atoms with van der Waals surface area (Å²) in [6, 6.07) is 3.81. The fraction of sp³-hybridized carbons (Fsp3) is 0.214. The van der Waals surface area contributed by atoms with E-state index in [1.165, 1.54) is 40.4 Å². The number of aryl methyl sites for hydroxylation is 1. The zero-order valence-electron chi connectivity index (χ0n) is 11.0. The predicted octanol–water partition coefficient (Wildman–Crippen LogP) is 2.91. The van der Waals surface area contributed by atoms with Crippen LogP contribution in [0.15, 0.2) is 34.7 Å². The van der Waals surface area contributed by atoms with Gasteiger partial charge < -0.3 is 0 Å². The average molecular weight is 289 g/mol. The van der Waals surface area contributed by atoms with Crippen LogP contribution in [-0.2, 0) is 0 Å². The van der Waals surface area contributed by atoms with E-state index in [2.05, 4.69) is 9.97 Å². The lowest BCUT2D eigenvalue weighted by Gasteiger charge is -2.12. The Labute approximate surface area is 118 Å². The number of thiazole rings is 1. The normalized spacial score (nSPS) is 12.8. The first-order valence-electron chi connectivity index (χ1n) is 6.14. The highest BCUT2D eigenvalue weighted by Crippen LogP contribution is 2.21. The molecule has 20 heavy (non-hydrogen) atoms. The van der Waals surface area contributed by atoms with Crippen LogP contribution in [0.1, 0.15) is 23.7 Å². The molecule has 2 heterocycles. The number of hydrogen-bond donors (Lipinski definition) is 0. The highest BCUT2D eigenvalue weighted by molar-refractivity contribution is 7.09. The number of benzene rings is 1. The van der Waals surface area contributed by atoms with Crippen LogP contribution < -0.4 is 5.56 Å². The van der Waals surface area contributed by atoms with Crippen molar-refractivity contribution in [1.29, 1.82) is 0 Å². The zero-order valence-corrected chi connectivity index (χ0v) is 11.8. The van der Waals surface area contributed by atoms with Crippen LogP contribution in [0, 0.1) is 12.7 Å². The summed E-state index contributed by atoms with van der Waals surface area (Å²) >= 11 is 1.50. The number of rotatable bonds is 2. The van der Waals surface area contributed by atoms with Gasteiger partial charge in [-0.2, -0.15) is 0 Å². The molecule has 0 saturated carbocycles. The van der Waals surface area contributed by atoms with E-state index >= 15 is 0 Å². The van der Waals surface area contributed by atoms with E-state index in [-0.39, 0.29) is 17.0 Å². The summed E-state index contributed by atoms with van der Waals surface area (Å²) in [5.41, 5.74) is 1.16. The molecule has 0 aliphatic rings. The summed E-state index contributed by atoms with van der Waals surface area (Å²) in [4.78, 5) is 21.0. The summed E-state index contributed by atoms with van der Waals surface area (Å²) in [5, 5.41) is 3.06. The molecule has 0 aliphatic carbocycles. The molecule has 0 fully saturated rings. The molecule has 0 amide bonds. The molecule has 0 unspecified atom stereocenters. The predicted molar refractivity (Wildman–Crippen MR) is 76.6 cm³/mol. The van der Waals surface area contributed by atoms with Crippen LogP contribution in [0.2, 0.25) is 0 Å². The van der Waals surface area contributed by atoms with E-state index in [0.717, 1.165) is 10.7 Å². The molecule has 0 spiro atoms. The van der Waals surface area contributed by atoms with Gasteiger partial charge in [0, 0.05) is 11.1 Å². The van der Waals surface area contributed by atoms with Crippen molar-refractivity contribution in [2.24, 2.45) is 0 Å². The van der Waals surface area contributed by atoms with Crippen LogP contribution in [0.5, 0.6) is 0 Å². The first kappa shape index (κ1) is 12.9. The zero-order chi connectivity index (χ0) is 14.3. The molecule has 1 aromatic carbocycles. The maximum absolute atomic E-state index is 13.3. The Bertz CT molecular complexity index is 840. The van der Waals surface area contributed by atoms with Crippen molar-refractivity contribution in [3.8, 4) is 0 Å². The third kappa shape index (κ3) is 2.12. The summed E-state index contributed by atoms with van der Waals surface area (Å²) < 4.78 is 14.8. The lowest BCUT2D eigenvalue weighted by molar-refractivity contribution is 0.602. The van der Waals surface area contributed by atoms with Crippen molar-refractivity contribution in [1.82, 2.24) is 14.5 Å². The van der Waals surface area contributed by atoms with Crippen molar-refractivity contribution in [3.05, 3.63) is 56.8 Å². The molecule has 102 valence electrons. The summed E-state index contributed by atoms with van der Waals surface area (Å²) in [6.07, 6.45) is 1.49. The van der Waals surface area contributed by atoms with Crippen molar-refractivity contribution in [3.63, 3.8) is 0 Å². The first-order valence-corrected chi connectivity index (χ1v) is 7.02. The Kier molecular flexibility index (Phi) is 3.10. The molecule has 2 aromatic heterocycles. The maximum atomic E-state index is 13.3. The van der Waals surface area contributed by atoms with Gasteiger partial charge >= 0.3 is 0 Å². The number of halogens is 1. The number of hydrogen-bond acceptors (Lipinski definition) is 4.